The van der Waals surface area contributed by atoms with E-state index in [1.54, 1.807) is 31.4 Å². The molecule has 0 radical (unpaired) electrons. The Morgan fingerprint density at radius 3 is 2.70 bits per heavy atom. The lowest BCUT2D eigenvalue weighted by molar-refractivity contribution is 0.0880. The van der Waals surface area contributed by atoms with Crippen LogP contribution in [-0.2, 0) is 0 Å². The van der Waals surface area contributed by atoms with E-state index in [9.17, 15) is 14.4 Å². The first-order valence-corrected chi connectivity index (χ1v) is 8.93. The number of hydrogen-bond donors (Lipinski definition) is 2. The second-order valence-electron chi connectivity index (χ2n) is 6.68. The molecule has 1 aliphatic rings. The van der Waals surface area contributed by atoms with Gasteiger partial charge < -0.3 is 14.9 Å². The van der Waals surface area contributed by atoms with E-state index < -0.39 is 17.4 Å². The third-order valence-electron chi connectivity index (χ3n) is 4.90. The number of hydrogen-bond acceptors (Lipinski definition) is 7. The van der Waals surface area contributed by atoms with Gasteiger partial charge in [-0.15, -0.1) is 0 Å². The fourth-order valence-electron chi connectivity index (χ4n) is 3.48. The number of nitrogen functional groups attached to an aromatic ring is 1. The van der Waals surface area contributed by atoms with Gasteiger partial charge in [-0.1, -0.05) is 6.07 Å². The topological polar surface area (TPSA) is 129 Å². The smallest absolute Gasteiger partial charge is 0.262 e. The number of ether oxygens (including phenoxy) is 1. The number of oxazole rings is 1. The van der Waals surface area contributed by atoms with Gasteiger partial charge in [-0.2, -0.15) is 0 Å². The van der Waals surface area contributed by atoms with Crippen LogP contribution in [0.3, 0.4) is 0 Å². The Hall–Kier alpha value is -4.40. The van der Waals surface area contributed by atoms with Crippen molar-refractivity contribution < 1.29 is 18.7 Å². The molecule has 0 aliphatic carbocycles. The minimum Gasteiger partial charge on any atom is -0.497 e. The van der Waals surface area contributed by atoms with Gasteiger partial charge in [0.1, 0.15) is 17.1 Å². The molecule has 0 saturated carbocycles. The van der Waals surface area contributed by atoms with E-state index in [0.29, 0.717) is 28.4 Å². The minimum atomic E-state index is -0.638. The number of nitrogens with one attached hydrogen (secondary N) is 1. The zero-order valence-electron chi connectivity index (χ0n) is 15.6. The number of pyridine rings is 1. The molecule has 3 N–H and O–H groups in total. The third kappa shape index (κ3) is 2.56. The van der Waals surface area contributed by atoms with Crippen LogP contribution in [-0.4, -0.2) is 28.5 Å². The zero-order valence-corrected chi connectivity index (χ0v) is 15.6. The SMILES string of the molecule is COc1cccc(-c2nc3cc(-n4c(N)c5c(cc4=O)C(=O)NC5=O)ccc3o2)c1. The largest absolute Gasteiger partial charge is 0.497 e. The molecule has 0 unspecified atom stereocenters. The number of fused-ring (bicyclic) bond motifs is 2. The molecule has 148 valence electrons. The van der Waals surface area contributed by atoms with Crippen molar-refractivity contribution in [1.82, 2.24) is 14.9 Å². The summed E-state index contributed by atoms with van der Waals surface area (Å²) in [7, 11) is 1.57. The van der Waals surface area contributed by atoms with E-state index in [1.807, 2.05) is 18.2 Å². The van der Waals surface area contributed by atoms with Gasteiger partial charge in [0.2, 0.25) is 5.89 Å². The average Bonchev–Trinajstić information content (AvgIpc) is 3.28. The molecule has 0 bridgehead atoms. The molecule has 9 heteroatoms. The van der Waals surface area contributed by atoms with Gasteiger partial charge in [0.25, 0.3) is 17.4 Å². The van der Waals surface area contributed by atoms with E-state index >= 15 is 0 Å². The molecule has 2 aromatic heterocycles. The van der Waals surface area contributed by atoms with Crippen LogP contribution in [0.15, 0.2) is 57.7 Å². The number of imide groups is 1. The maximum Gasteiger partial charge on any atom is 0.262 e. The number of aromatic nitrogens is 2. The average molecular weight is 402 g/mol. The molecule has 0 atom stereocenters. The summed E-state index contributed by atoms with van der Waals surface area (Å²) in [5.41, 5.74) is 7.64. The molecular weight excluding hydrogens is 388 g/mol. The highest BCUT2D eigenvalue weighted by atomic mass is 16.5. The highest BCUT2D eigenvalue weighted by Crippen LogP contribution is 2.29. The van der Waals surface area contributed by atoms with Crippen LogP contribution < -0.4 is 21.3 Å². The van der Waals surface area contributed by atoms with E-state index in [4.69, 9.17) is 14.9 Å². The Morgan fingerprint density at radius 1 is 1.07 bits per heavy atom. The number of anilines is 1. The Morgan fingerprint density at radius 2 is 1.90 bits per heavy atom. The maximum atomic E-state index is 12.6. The summed E-state index contributed by atoms with van der Waals surface area (Å²) in [6.45, 7) is 0. The Balaban J connectivity index is 1.65. The Kier molecular flexibility index (Phi) is 3.72. The van der Waals surface area contributed by atoms with Crippen molar-refractivity contribution in [2.24, 2.45) is 0 Å². The van der Waals surface area contributed by atoms with Crippen LogP contribution in [0.25, 0.3) is 28.2 Å². The first kappa shape index (κ1) is 17.7. The van der Waals surface area contributed by atoms with Crippen LogP contribution in [0.5, 0.6) is 5.75 Å². The maximum absolute atomic E-state index is 12.6. The molecule has 3 heterocycles. The molecule has 30 heavy (non-hydrogen) atoms. The van der Waals surface area contributed by atoms with Gasteiger partial charge in [-0.05, 0) is 36.4 Å². The van der Waals surface area contributed by atoms with Gasteiger partial charge in [0, 0.05) is 11.6 Å². The fraction of sp³-hybridized carbons (Fsp3) is 0.0476. The van der Waals surface area contributed by atoms with Crippen molar-refractivity contribution in [3.05, 3.63) is 70.0 Å². The standard InChI is InChI=1S/C21H14N4O5/c1-29-12-4-2-3-10(7-12)21-23-14-8-11(5-6-15(14)30-21)25-16(26)9-13-17(18(25)22)20(28)24-19(13)27/h2-9H,22H2,1H3,(H,24,27,28). The second kappa shape index (κ2) is 6.31. The molecule has 1 aliphatic heterocycles. The number of rotatable bonds is 3. The lowest BCUT2D eigenvalue weighted by Crippen LogP contribution is -2.24. The van der Waals surface area contributed by atoms with E-state index in [0.717, 1.165) is 16.2 Å². The minimum absolute atomic E-state index is 0.0167. The number of methoxy groups -OCH3 is 1. The Labute approximate surface area is 168 Å². The van der Waals surface area contributed by atoms with Crippen LogP contribution >= 0.6 is 0 Å². The summed E-state index contributed by atoms with van der Waals surface area (Å²) in [5.74, 6) is -0.331. The monoisotopic (exact) mass is 402 g/mol. The molecule has 5 rings (SSSR count). The van der Waals surface area contributed by atoms with Gasteiger partial charge in [0.05, 0.1) is 23.9 Å². The van der Waals surface area contributed by atoms with Gasteiger partial charge in [-0.3, -0.25) is 24.3 Å². The molecule has 0 saturated heterocycles. The van der Waals surface area contributed by atoms with E-state index in [2.05, 4.69) is 10.3 Å². The summed E-state index contributed by atoms with van der Waals surface area (Å²) >= 11 is 0. The summed E-state index contributed by atoms with van der Waals surface area (Å²) in [4.78, 5) is 41.0. The summed E-state index contributed by atoms with van der Waals surface area (Å²) in [6, 6.07) is 13.3. The van der Waals surface area contributed by atoms with Crippen molar-refractivity contribution in [3.8, 4) is 22.9 Å². The van der Waals surface area contributed by atoms with Gasteiger partial charge in [-0.25, -0.2) is 4.98 Å². The van der Waals surface area contributed by atoms with Crippen molar-refractivity contribution in [1.29, 1.82) is 0 Å². The molecule has 2 aromatic carbocycles. The number of benzene rings is 2. The summed E-state index contributed by atoms with van der Waals surface area (Å²) in [5, 5.41) is 2.14. The number of carbonyl (C=O) groups excluding carboxylic acids is 2. The van der Waals surface area contributed by atoms with Crippen LogP contribution in [0, 0.1) is 0 Å². The summed E-state index contributed by atoms with van der Waals surface area (Å²) < 4.78 is 12.2. The first-order chi connectivity index (χ1) is 14.5. The molecular formula is C21H14N4O5. The highest BCUT2D eigenvalue weighted by Gasteiger charge is 2.31. The summed E-state index contributed by atoms with van der Waals surface area (Å²) in [6.07, 6.45) is 0. The zero-order chi connectivity index (χ0) is 21.0. The van der Waals surface area contributed by atoms with Crippen molar-refractivity contribution >= 4 is 28.7 Å². The van der Waals surface area contributed by atoms with Gasteiger partial charge >= 0.3 is 0 Å². The van der Waals surface area contributed by atoms with Crippen molar-refractivity contribution in [2.75, 3.05) is 12.8 Å². The van der Waals surface area contributed by atoms with Crippen LogP contribution in [0.2, 0.25) is 0 Å². The highest BCUT2D eigenvalue weighted by molar-refractivity contribution is 6.23. The third-order valence-corrected chi connectivity index (χ3v) is 4.90. The normalized spacial score (nSPS) is 12.8. The number of nitrogens with two attached hydrogens (primary N) is 1. The molecule has 9 nitrogen and oxygen atoms in total. The number of amides is 2. The second-order valence-corrected chi connectivity index (χ2v) is 6.68. The van der Waals surface area contributed by atoms with Crippen molar-refractivity contribution in [3.63, 3.8) is 0 Å². The molecule has 0 spiro atoms. The number of carbonyl (C=O) groups is 2. The molecule has 4 aromatic rings. The predicted octanol–water partition coefficient (Wildman–Crippen LogP) is 2.12. The quantitative estimate of drug-likeness (QED) is 0.502. The van der Waals surface area contributed by atoms with Crippen LogP contribution in [0.4, 0.5) is 5.82 Å². The van der Waals surface area contributed by atoms with Gasteiger partial charge in [0.15, 0.2) is 5.58 Å². The lowest BCUT2D eigenvalue weighted by atomic mass is 10.1. The lowest BCUT2D eigenvalue weighted by Gasteiger charge is -2.11. The first-order valence-electron chi connectivity index (χ1n) is 8.93. The predicted molar refractivity (Wildman–Crippen MR) is 108 cm³/mol. The molecule has 2 amide bonds. The van der Waals surface area contributed by atoms with E-state index in [1.165, 1.54) is 0 Å². The molecule has 0 fully saturated rings. The van der Waals surface area contributed by atoms with E-state index in [-0.39, 0.29) is 16.9 Å². The number of nitrogens with zero attached hydrogens (tertiary/aromatic N) is 2. The fourth-order valence-corrected chi connectivity index (χ4v) is 3.48. The Bertz CT molecular complexity index is 1430. The van der Waals surface area contributed by atoms with Crippen LogP contribution in [0.1, 0.15) is 20.7 Å². The van der Waals surface area contributed by atoms with Crippen molar-refractivity contribution in [2.45, 2.75) is 0 Å².